The van der Waals surface area contributed by atoms with E-state index in [1.54, 1.807) is 0 Å². The summed E-state index contributed by atoms with van der Waals surface area (Å²) in [7, 11) is 0. The van der Waals surface area contributed by atoms with E-state index < -0.39 is 0 Å². The number of allylic oxidation sites excluding steroid dienone is 5. The molecule has 5 aromatic carbocycles. The second-order valence-corrected chi connectivity index (χ2v) is 16.6. The fraction of sp³-hybridized carbons (Fsp3) is 0.224. The Bertz CT molecular complexity index is 2510. The number of fused-ring (bicyclic) bond motifs is 7. The van der Waals surface area contributed by atoms with Crippen molar-refractivity contribution in [3.63, 3.8) is 0 Å². The molecule has 0 N–H and O–H groups in total. The number of hydrogen-bond donors (Lipinski definition) is 0. The van der Waals surface area contributed by atoms with Crippen molar-refractivity contribution in [2.45, 2.75) is 64.7 Å². The smallest absolute Gasteiger partial charge is 0.252 e. The lowest BCUT2D eigenvalue weighted by Crippen LogP contribution is -2.60. The van der Waals surface area contributed by atoms with E-state index >= 15 is 0 Å². The Labute approximate surface area is 308 Å². The van der Waals surface area contributed by atoms with E-state index in [1.165, 1.54) is 83.6 Å². The van der Waals surface area contributed by atoms with E-state index in [0.29, 0.717) is 5.92 Å². The molecule has 6 aromatic rings. The molecule has 2 aliphatic carbocycles. The minimum atomic E-state index is -0.154. The number of aryl methyl sites for hydroxylation is 2. The summed E-state index contributed by atoms with van der Waals surface area (Å²) < 4.78 is 2.61. The lowest BCUT2D eigenvalue weighted by atomic mass is 9.33. The molecule has 10 rings (SSSR count). The molecule has 0 saturated carbocycles. The second-order valence-electron chi connectivity index (χ2n) is 16.6. The molecule has 0 amide bonds. The van der Waals surface area contributed by atoms with Gasteiger partial charge in [-0.15, -0.1) is 0 Å². The highest BCUT2D eigenvalue weighted by atomic mass is 15.2. The second kappa shape index (κ2) is 11.4. The molecule has 4 aliphatic rings. The highest BCUT2D eigenvalue weighted by Crippen LogP contribution is 2.44. The summed E-state index contributed by atoms with van der Waals surface area (Å²) in [5, 5.41) is 1.41. The van der Waals surface area contributed by atoms with Gasteiger partial charge in [-0.25, -0.2) is 0 Å². The van der Waals surface area contributed by atoms with Gasteiger partial charge in [0.25, 0.3) is 6.71 Å². The first-order valence-electron chi connectivity index (χ1n) is 19.1. The van der Waals surface area contributed by atoms with E-state index in [0.717, 1.165) is 19.3 Å². The van der Waals surface area contributed by atoms with Crippen LogP contribution < -0.4 is 21.3 Å². The lowest BCUT2D eigenvalue weighted by Gasteiger charge is -2.41. The summed E-state index contributed by atoms with van der Waals surface area (Å²) in [6, 6.07) is 39.8. The van der Waals surface area contributed by atoms with Crippen LogP contribution in [0.3, 0.4) is 0 Å². The van der Waals surface area contributed by atoms with E-state index in [-0.39, 0.29) is 17.5 Å². The fourth-order valence-electron chi connectivity index (χ4n) is 9.87. The number of benzene rings is 5. The maximum Gasteiger partial charge on any atom is 0.252 e. The van der Waals surface area contributed by atoms with Crippen LogP contribution in [0.4, 0.5) is 17.1 Å². The van der Waals surface area contributed by atoms with Crippen molar-refractivity contribution in [2.24, 2.45) is 5.92 Å². The molecular weight excluding hydrogens is 627 g/mol. The predicted octanol–water partition coefficient (Wildman–Crippen LogP) is 10.2. The van der Waals surface area contributed by atoms with Crippen LogP contribution in [0, 0.1) is 12.8 Å². The molecule has 254 valence electrons. The average Bonchev–Trinajstić information content (AvgIpc) is 3.52. The zero-order chi connectivity index (χ0) is 35.4. The van der Waals surface area contributed by atoms with Gasteiger partial charge in [-0.05, 0) is 118 Å². The fourth-order valence-corrected chi connectivity index (χ4v) is 9.87. The maximum atomic E-state index is 2.61. The van der Waals surface area contributed by atoms with E-state index in [4.69, 9.17) is 0 Å². The minimum Gasteiger partial charge on any atom is -0.311 e. The Morgan fingerprint density at radius 3 is 2.27 bits per heavy atom. The number of rotatable bonds is 5. The predicted molar refractivity (Wildman–Crippen MR) is 223 cm³/mol. The molecule has 2 aliphatic heterocycles. The van der Waals surface area contributed by atoms with E-state index in [1.807, 2.05) is 0 Å². The van der Waals surface area contributed by atoms with Crippen LogP contribution in [0.25, 0.3) is 22.7 Å². The molecular formula is C49H45BN2. The van der Waals surface area contributed by atoms with Crippen LogP contribution in [0.5, 0.6) is 0 Å². The molecule has 0 fully saturated rings. The normalized spacial score (nSPS) is 17.0. The van der Waals surface area contributed by atoms with Crippen molar-refractivity contribution < 1.29 is 0 Å². The largest absolute Gasteiger partial charge is 0.311 e. The monoisotopic (exact) mass is 672 g/mol. The van der Waals surface area contributed by atoms with Crippen LogP contribution in [-0.4, -0.2) is 11.3 Å². The molecule has 3 heterocycles. The first-order chi connectivity index (χ1) is 25.2. The first-order valence-corrected chi connectivity index (χ1v) is 19.1. The van der Waals surface area contributed by atoms with Crippen molar-refractivity contribution in [2.75, 3.05) is 4.90 Å². The number of anilines is 3. The third kappa shape index (κ3) is 4.44. The van der Waals surface area contributed by atoms with E-state index in [9.17, 15) is 0 Å². The highest BCUT2D eigenvalue weighted by Gasteiger charge is 2.43. The number of aromatic nitrogens is 1. The summed E-state index contributed by atoms with van der Waals surface area (Å²) in [6.07, 6.45) is 17.1. The Balaban J connectivity index is 1.22. The molecule has 1 atom stereocenters. The zero-order valence-electron chi connectivity index (χ0n) is 30.9. The lowest BCUT2D eigenvalue weighted by molar-refractivity contribution is 0.382. The van der Waals surface area contributed by atoms with Gasteiger partial charge < -0.3 is 9.47 Å². The molecule has 52 heavy (non-hydrogen) atoms. The van der Waals surface area contributed by atoms with Gasteiger partial charge in [0.2, 0.25) is 0 Å². The topological polar surface area (TPSA) is 8.17 Å². The SMILES string of the molecule is Cc1cc2c3c(c1)-n1c4c(c5cccc(c51)B3c1cc(C(C)(C)c3ccccc3)ccc1N2c1ccc(C(C)(C)C2C=CC=CC2)cc1)CCC=C4. The Morgan fingerprint density at radius 1 is 0.692 bits per heavy atom. The molecule has 0 radical (unpaired) electrons. The van der Waals surface area contributed by atoms with Gasteiger partial charge in [-0.3, -0.25) is 0 Å². The third-order valence-corrected chi connectivity index (χ3v) is 12.9. The number of hydrogen-bond acceptors (Lipinski definition) is 1. The van der Waals surface area contributed by atoms with Crippen LogP contribution in [0.1, 0.15) is 74.0 Å². The third-order valence-electron chi connectivity index (χ3n) is 12.9. The Hall–Kier alpha value is -5.28. The first kappa shape index (κ1) is 31.5. The zero-order valence-corrected chi connectivity index (χ0v) is 30.9. The van der Waals surface area contributed by atoms with E-state index in [2.05, 4.69) is 184 Å². The summed E-state index contributed by atoms with van der Waals surface area (Å²) in [4.78, 5) is 2.56. The van der Waals surface area contributed by atoms with Crippen LogP contribution in [0.2, 0.25) is 0 Å². The maximum absolute atomic E-state index is 2.61. The van der Waals surface area contributed by atoms with Gasteiger partial charge in [0.05, 0.1) is 0 Å². The summed E-state index contributed by atoms with van der Waals surface area (Å²) in [6.45, 7) is 11.9. The number of nitrogens with zero attached hydrogens (tertiary/aromatic N) is 2. The van der Waals surface area contributed by atoms with Crippen LogP contribution in [-0.2, 0) is 17.3 Å². The summed E-state index contributed by atoms with van der Waals surface area (Å²) >= 11 is 0. The average molecular weight is 673 g/mol. The quantitative estimate of drug-likeness (QED) is 0.165. The molecule has 1 unspecified atom stereocenters. The van der Waals surface area contributed by atoms with Gasteiger partial charge in [0.1, 0.15) is 0 Å². The molecule has 2 nitrogen and oxygen atoms in total. The minimum absolute atomic E-state index is 0.0290. The van der Waals surface area contributed by atoms with Crippen molar-refractivity contribution in [1.29, 1.82) is 0 Å². The molecule has 1 aromatic heterocycles. The van der Waals surface area contributed by atoms with Crippen molar-refractivity contribution in [3.8, 4) is 5.69 Å². The Morgan fingerprint density at radius 2 is 1.48 bits per heavy atom. The molecule has 0 saturated heterocycles. The summed E-state index contributed by atoms with van der Waals surface area (Å²) in [5.74, 6) is 0.480. The van der Waals surface area contributed by atoms with Crippen LogP contribution in [0.15, 0.2) is 134 Å². The Kier molecular flexibility index (Phi) is 6.87. The molecule has 0 bridgehead atoms. The molecule has 0 spiro atoms. The van der Waals surface area contributed by atoms with Gasteiger partial charge in [-0.1, -0.05) is 131 Å². The van der Waals surface area contributed by atoms with Gasteiger partial charge in [0, 0.05) is 44.8 Å². The van der Waals surface area contributed by atoms with Gasteiger partial charge >= 0.3 is 0 Å². The molecule has 3 heteroatoms. The number of para-hydroxylation sites is 1. The standard InChI is InChI=1S/C49H45BN2/c1-32-29-44-46-45(30-32)52-42-22-13-12-19-38(42)39-20-14-21-40(47(39)52)50(46)41-31-36(49(4,5)34-17-10-7-11-18-34)25-28-43(41)51(44)37-26-23-35(24-27-37)48(2,3)33-15-8-6-9-16-33/h6-11,13-15,17-18,20-31,33H,12,16,19H2,1-5H3. The van der Waals surface area contributed by atoms with Gasteiger partial charge in [-0.2, -0.15) is 0 Å². The highest BCUT2D eigenvalue weighted by molar-refractivity contribution is 7.00. The van der Waals surface area contributed by atoms with Crippen molar-refractivity contribution in [3.05, 3.63) is 167 Å². The summed E-state index contributed by atoms with van der Waals surface area (Å²) in [5.41, 5.74) is 18.8. The van der Waals surface area contributed by atoms with Crippen LogP contribution >= 0.6 is 0 Å². The van der Waals surface area contributed by atoms with Gasteiger partial charge in [0.15, 0.2) is 0 Å². The van der Waals surface area contributed by atoms with Crippen molar-refractivity contribution in [1.82, 2.24) is 4.57 Å². The van der Waals surface area contributed by atoms with Crippen molar-refractivity contribution >= 4 is 57.1 Å².